The van der Waals surface area contributed by atoms with Crippen LogP contribution in [0.2, 0.25) is 0 Å². The molecule has 0 radical (unpaired) electrons. The number of thiazole rings is 1. The lowest BCUT2D eigenvalue weighted by Gasteiger charge is -2.31. The number of hydrogen-bond acceptors (Lipinski definition) is 4. The van der Waals surface area contributed by atoms with E-state index in [1.54, 1.807) is 11.3 Å². The van der Waals surface area contributed by atoms with E-state index in [1.807, 2.05) is 5.51 Å². The van der Waals surface area contributed by atoms with Crippen molar-refractivity contribution in [3.05, 3.63) is 16.1 Å². The third-order valence-electron chi connectivity index (χ3n) is 3.89. The Bertz CT molecular complexity index is 352. The summed E-state index contributed by atoms with van der Waals surface area (Å²) in [5.41, 5.74) is 3.19. The number of aromatic nitrogens is 1. The van der Waals surface area contributed by atoms with Crippen LogP contribution in [0.3, 0.4) is 0 Å². The van der Waals surface area contributed by atoms with Crippen molar-refractivity contribution in [3.63, 3.8) is 0 Å². The van der Waals surface area contributed by atoms with Crippen LogP contribution < -0.4 is 5.32 Å². The Morgan fingerprint density at radius 3 is 2.60 bits per heavy atom. The lowest BCUT2D eigenvalue weighted by atomic mass is 9.96. The number of halogens is 2. The molecule has 1 aliphatic rings. The highest BCUT2D eigenvalue weighted by Gasteiger charge is 2.18. The van der Waals surface area contributed by atoms with Crippen LogP contribution in [0, 0.1) is 12.8 Å². The van der Waals surface area contributed by atoms with E-state index in [4.69, 9.17) is 0 Å². The average Bonchev–Trinajstić information content (AvgIpc) is 2.81. The summed E-state index contributed by atoms with van der Waals surface area (Å²) in [6.07, 6.45) is 3.89. The van der Waals surface area contributed by atoms with Gasteiger partial charge in [0, 0.05) is 11.4 Å². The molecule has 2 rings (SSSR count). The molecule has 0 unspecified atom stereocenters. The lowest BCUT2D eigenvalue weighted by Crippen LogP contribution is -2.38. The molecule has 20 heavy (non-hydrogen) atoms. The van der Waals surface area contributed by atoms with Crippen LogP contribution in [0.25, 0.3) is 0 Å². The minimum Gasteiger partial charge on any atom is -0.317 e. The van der Waals surface area contributed by atoms with Crippen molar-refractivity contribution in [3.8, 4) is 0 Å². The van der Waals surface area contributed by atoms with Crippen molar-refractivity contribution < 1.29 is 0 Å². The smallest absolute Gasteiger partial charge is 0.0797 e. The quantitative estimate of drug-likeness (QED) is 0.862. The van der Waals surface area contributed by atoms with Crippen molar-refractivity contribution in [2.75, 3.05) is 32.7 Å². The number of piperidine rings is 1. The summed E-state index contributed by atoms with van der Waals surface area (Å²) in [6, 6.07) is 0. The van der Waals surface area contributed by atoms with Gasteiger partial charge in [-0.05, 0) is 58.3 Å². The first-order valence-corrected chi connectivity index (χ1v) is 7.99. The summed E-state index contributed by atoms with van der Waals surface area (Å²) in [5, 5.41) is 3.47. The molecule has 0 spiro atoms. The van der Waals surface area contributed by atoms with Gasteiger partial charge in [-0.1, -0.05) is 6.92 Å². The first-order chi connectivity index (χ1) is 8.79. The Balaban J connectivity index is 0.00000180. The topological polar surface area (TPSA) is 28.2 Å². The van der Waals surface area contributed by atoms with Crippen LogP contribution in [0.15, 0.2) is 5.51 Å². The Morgan fingerprint density at radius 2 is 2.05 bits per heavy atom. The minimum absolute atomic E-state index is 0. The number of likely N-dealkylation sites (tertiary alicyclic amines) is 1. The second kappa shape index (κ2) is 10.8. The predicted octanol–water partition coefficient (Wildman–Crippen LogP) is 3.16. The number of nitrogens with zero attached hydrogens (tertiary/aromatic N) is 2. The van der Waals surface area contributed by atoms with Crippen LogP contribution in [0.1, 0.15) is 30.3 Å². The first-order valence-electron chi connectivity index (χ1n) is 7.11. The molecule has 1 aromatic heterocycles. The van der Waals surface area contributed by atoms with Gasteiger partial charge in [-0.15, -0.1) is 36.2 Å². The molecule has 0 aromatic carbocycles. The van der Waals surface area contributed by atoms with Crippen molar-refractivity contribution in [2.45, 2.75) is 33.1 Å². The van der Waals surface area contributed by atoms with Crippen LogP contribution in [0.5, 0.6) is 0 Å². The highest BCUT2D eigenvalue weighted by atomic mass is 35.5. The van der Waals surface area contributed by atoms with Gasteiger partial charge in [-0.3, -0.25) is 0 Å². The Morgan fingerprint density at radius 1 is 1.35 bits per heavy atom. The molecule has 1 aliphatic heterocycles. The molecule has 3 nitrogen and oxygen atoms in total. The molecule has 0 bridgehead atoms. The van der Waals surface area contributed by atoms with E-state index in [-0.39, 0.29) is 24.8 Å². The molecule has 1 N–H and O–H groups in total. The van der Waals surface area contributed by atoms with Crippen LogP contribution >= 0.6 is 36.2 Å². The van der Waals surface area contributed by atoms with Gasteiger partial charge in [0.25, 0.3) is 0 Å². The van der Waals surface area contributed by atoms with Crippen molar-refractivity contribution in [2.24, 2.45) is 5.92 Å². The standard InChI is InChI=1S/C14H25N3S.2ClH/c1-3-15-10-13-4-7-17(8-5-13)9-6-14-12(2)16-11-18-14;;/h11,13,15H,3-10H2,1-2H3;2*1H. The zero-order chi connectivity index (χ0) is 12.8. The number of rotatable bonds is 6. The minimum atomic E-state index is 0. The average molecular weight is 340 g/mol. The fraction of sp³-hybridized carbons (Fsp3) is 0.786. The maximum atomic E-state index is 4.32. The molecule has 2 heterocycles. The maximum Gasteiger partial charge on any atom is 0.0797 e. The first kappa shape index (κ1) is 20.1. The molecular formula is C14H27Cl2N3S. The molecule has 1 aromatic rings. The van der Waals surface area contributed by atoms with E-state index in [0.29, 0.717) is 0 Å². The van der Waals surface area contributed by atoms with E-state index >= 15 is 0 Å². The fourth-order valence-corrected chi connectivity index (χ4v) is 3.36. The van der Waals surface area contributed by atoms with Crippen LogP contribution in [-0.4, -0.2) is 42.6 Å². The Labute approximate surface area is 139 Å². The largest absolute Gasteiger partial charge is 0.317 e. The molecule has 0 amide bonds. The maximum absolute atomic E-state index is 4.32. The predicted molar refractivity (Wildman–Crippen MR) is 92.8 cm³/mol. The molecular weight excluding hydrogens is 313 g/mol. The lowest BCUT2D eigenvalue weighted by molar-refractivity contribution is 0.185. The summed E-state index contributed by atoms with van der Waals surface area (Å²) in [5.74, 6) is 0.895. The summed E-state index contributed by atoms with van der Waals surface area (Å²) in [6.45, 7) is 10.4. The van der Waals surface area contributed by atoms with Crippen molar-refractivity contribution in [1.29, 1.82) is 0 Å². The zero-order valence-electron chi connectivity index (χ0n) is 12.4. The number of hydrogen-bond donors (Lipinski definition) is 1. The molecule has 0 saturated carbocycles. The highest BCUT2D eigenvalue weighted by Crippen LogP contribution is 2.18. The van der Waals surface area contributed by atoms with E-state index < -0.39 is 0 Å². The second-order valence-corrected chi connectivity index (χ2v) is 6.14. The summed E-state index contributed by atoms with van der Waals surface area (Å²) in [4.78, 5) is 8.39. The molecule has 1 fully saturated rings. The normalized spacial score (nSPS) is 16.5. The van der Waals surface area contributed by atoms with E-state index in [0.717, 1.165) is 12.5 Å². The van der Waals surface area contributed by atoms with Gasteiger partial charge in [0.15, 0.2) is 0 Å². The second-order valence-electron chi connectivity index (χ2n) is 5.20. The molecule has 6 heteroatoms. The third-order valence-corrected chi connectivity index (χ3v) is 4.88. The molecule has 0 atom stereocenters. The Kier molecular flexibility index (Phi) is 10.9. The molecule has 0 aliphatic carbocycles. The Hall–Kier alpha value is 0.130. The number of nitrogens with one attached hydrogen (secondary N) is 1. The van der Waals surface area contributed by atoms with Gasteiger partial charge < -0.3 is 10.2 Å². The monoisotopic (exact) mass is 339 g/mol. The molecule has 1 saturated heterocycles. The molecule has 118 valence electrons. The summed E-state index contributed by atoms with van der Waals surface area (Å²) < 4.78 is 0. The van der Waals surface area contributed by atoms with Crippen LogP contribution in [0.4, 0.5) is 0 Å². The van der Waals surface area contributed by atoms with E-state index in [1.165, 1.54) is 56.0 Å². The highest BCUT2D eigenvalue weighted by molar-refractivity contribution is 7.09. The van der Waals surface area contributed by atoms with Gasteiger partial charge in [-0.25, -0.2) is 4.98 Å². The SMILES string of the molecule is CCNCC1CCN(CCc2scnc2C)CC1.Cl.Cl. The van der Waals surface area contributed by atoms with Gasteiger partial charge in [0.2, 0.25) is 0 Å². The third kappa shape index (κ3) is 6.27. The summed E-state index contributed by atoms with van der Waals surface area (Å²) >= 11 is 1.80. The summed E-state index contributed by atoms with van der Waals surface area (Å²) in [7, 11) is 0. The van der Waals surface area contributed by atoms with Crippen LogP contribution in [-0.2, 0) is 6.42 Å². The van der Waals surface area contributed by atoms with Crippen molar-refractivity contribution >= 4 is 36.2 Å². The van der Waals surface area contributed by atoms with E-state index in [9.17, 15) is 0 Å². The van der Waals surface area contributed by atoms with E-state index in [2.05, 4.69) is 29.0 Å². The van der Waals surface area contributed by atoms with Crippen molar-refractivity contribution in [1.82, 2.24) is 15.2 Å². The zero-order valence-corrected chi connectivity index (χ0v) is 14.9. The number of aryl methyl sites for hydroxylation is 1. The van der Waals surface area contributed by atoms with Gasteiger partial charge in [0.05, 0.1) is 11.2 Å². The van der Waals surface area contributed by atoms with Gasteiger partial charge in [-0.2, -0.15) is 0 Å². The fourth-order valence-electron chi connectivity index (χ4n) is 2.59. The van der Waals surface area contributed by atoms with Gasteiger partial charge in [0.1, 0.15) is 0 Å². The van der Waals surface area contributed by atoms with Gasteiger partial charge >= 0.3 is 0 Å².